The Labute approximate surface area is 160 Å². The molecule has 0 saturated heterocycles. The summed E-state index contributed by atoms with van der Waals surface area (Å²) in [5.41, 5.74) is 0.624. The first-order valence-corrected chi connectivity index (χ1v) is 7.78. The molecule has 0 aliphatic rings. The number of rotatable bonds is 2. The molecule has 4 heteroatoms. The highest BCUT2D eigenvalue weighted by molar-refractivity contribution is 5.76. The summed E-state index contributed by atoms with van der Waals surface area (Å²) in [6.45, 7) is -7.94. The molecule has 3 heterocycles. The van der Waals surface area contributed by atoms with Gasteiger partial charge in [-0.15, -0.1) is 0 Å². The molecule has 0 bridgehead atoms. The van der Waals surface area contributed by atoms with Gasteiger partial charge in [0.2, 0.25) is 11.5 Å². The van der Waals surface area contributed by atoms with Gasteiger partial charge in [0, 0.05) is 49.6 Å². The van der Waals surface area contributed by atoms with Gasteiger partial charge >= 0.3 is 0 Å². The summed E-state index contributed by atoms with van der Waals surface area (Å²) in [5, 5.41) is 0. The van der Waals surface area contributed by atoms with Crippen LogP contribution in [0.2, 0.25) is 0 Å². The van der Waals surface area contributed by atoms with Crippen LogP contribution in [0.15, 0.2) is 49.1 Å². The lowest BCUT2D eigenvalue weighted by molar-refractivity contribution is -0.660. The summed E-state index contributed by atoms with van der Waals surface area (Å²) in [6, 6.07) is 5.57. The van der Waals surface area contributed by atoms with E-state index in [4.69, 9.17) is 12.3 Å². The Morgan fingerprint density at radius 2 is 1.88 bits per heavy atom. The lowest BCUT2D eigenvalue weighted by Crippen LogP contribution is -2.32. The first-order chi connectivity index (χ1) is 15.6. The molecule has 0 spiro atoms. The molecule has 0 aliphatic heterocycles. The highest BCUT2D eigenvalue weighted by Crippen LogP contribution is 2.32. The van der Waals surface area contributed by atoms with Crippen molar-refractivity contribution < 1.29 is 16.9 Å². The van der Waals surface area contributed by atoms with Gasteiger partial charge in [0.25, 0.3) is 0 Å². The van der Waals surface area contributed by atoms with Crippen LogP contribution in [-0.4, -0.2) is 14.0 Å². The van der Waals surface area contributed by atoms with Crippen LogP contribution in [0, 0.1) is 20.6 Å². The molecule has 0 aliphatic carbocycles. The number of fused-ring (bicyclic) bond motifs is 1. The maximum atomic E-state index is 8.11. The fourth-order valence-corrected chi connectivity index (χ4v) is 3.18. The molecule has 4 nitrogen and oxygen atoms in total. The summed E-state index contributed by atoms with van der Waals surface area (Å²) in [4.78, 5) is 4.30. The summed E-state index contributed by atoms with van der Waals surface area (Å²) in [6.07, 6.45) is 6.65. The van der Waals surface area contributed by atoms with E-state index in [2.05, 4.69) is 4.98 Å². The maximum absolute atomic E-state index is 8.11. The Bertz CT molecular complexity index is 1360. The van der Waals surface area contributed by atoms with Gasteiger partial charge in [0.05, 0.1) is 0 Å². The second-order valence-corrected chi connectivity index (χ2v) is 6.03. The van der Waals surface area contributed by atoms with Crippen molar-refractivity contribution in [3.63, 3.8) is 0 Å². The fourth-order valence-electron chi connectivity index (χ4n) is 3.18. The van der Waals surface area contributed by atoms with E-state index in [9.17, 15) is 0 Å². The van der Waals surface area contributed by atoms with Gasteiger partial charge in [-0.1, -0.05) is 18.2 Å². The van der Waals surface area contributed by atoms with Crippen LogP contribution in [0.5, 0.6) is 0 Å². The predicted molar refractivity (Wildman–Crippen MR) is 100 cm³/mol. The van der Waals surface area contributed by atoms with Crippen LogP contribution in [0.4, 0.5) is 0 Å². The molecule has 0 atom stereocenters. The van der Waals surface area contributed by atoms with Crippen molar-refractivity contribution in [2.24, 2.45) is 14.1 Å². The summed E-state index contributed by atoms with van der Waals surface area (Å²) in [5.74, 6) is 0.655. The van der Waals surface area contributed by atoms with Crippen molar-refractivity contribution in [1.29, 1.82) is 0 Å². The molecule has 25 heavy (non-hydrogen) atoms. The fraction of sp³-hybridized carbons (Fsp3) is 0.238. The zero-order chi connectivity index (χ0) is 25.2. The monoisotopic (exact) mass is 340 g/mol. The number of imidazole rings is 2. The van der Waals surface area contributed by atoms with Crippen LogP contribution in [0.3, 0.4) is 0 Å². The molecule has 3 aromatic heterocycles. The maximum Gasteiger partial charge on any atom is 0.231 e. The Morgan fingerprint density at radius 1 is 1.12 bits per heavy atom. The average Bonchev–Trinajstić information content (AvgIpc) is 3.28. The SMILES string of the molecule is [2H]C([2H])([2H])c1c[n+](C)c(-c2cn3ccnc3n2C)cc1-c1c(C([2H])([2H])[2H])cccc1C([2H])([2H])[2H]. The molecule has 4 rings (SSSR count). The molecule has 0 fully saturated rings. The lowest BCUT2D eigenvalue weighted by Gasteiger charge is -2.13. The number of pyridine rings is 1. The molecule has 0 saturated carbocycles. The van der Waals surface area contributed by atoms with Crippen LogP contribution >= 0.6 is 0 Å². The van der Waals surface area contributed by atoms with Gasteiger partial charge in [-0.3, -0.25) is 4.40 Å². The minimum atomic E-state index is -2.66. The minimum Gasteiger partial charge on any atom is -0.308 e. The number of aromatic nitrogens is 4. The summed E-state index contributed by atoms with van der Waals surface area (Å²) in [7, 11) is 3.49. The van der Waals surface area contributed by atoms with Crippen molar-refractivity contribution in [2.75, 3.05) is 0 Å². The standard InChI is InChI=1S/C21H23N4/c1-14-7-6-8-15(2)20(14)17-11-18(23(4)12-16(17)3)19-13-25-10-9-22-21(25)24(19)5/h6-13H,1-5H3/q+1/i1D3,2D3,3D3. The Balaban J connectivity index is 2.14. The number of hydrogen-bond donors (Lipinski definition) is 0. The number of benzene rings is 1. The molecule has 0 amide bonds. The molecular weight excluding hydrogens is 308 g/mol. The van der Waals surface area contributed by atoms with Gasteiger partial charge in [-0.2, -0.15) is 4.57 Å². The van der Waals surface area contributed by atoms with E-state index in [-0.39, 0.29) is 27.8 Å². The normalized spacial score (nSPS) is 18.2. The third-order valence-corrected chi connectivity index (χ3v) is 4.44. The van der Waals surface area contributed by atoms with Crippen LogP contribution in [0.25, 0.3) is 28.3 Å². The van der Waals surface area contributed by atoms with Gasteiger partial charge < -0.3 is 4.57 Å². The molecule has 1 aromatic carbocycles. The van der Waals surface area contributed by atoms with Crippen molar-refractivity contribution >= 4 is 5.78 Å². The van der Waals surface area contributed by atoms with Crippen molar-refractivity contribution in [3.8, 4) is 22.5 Å². The Hall–Kier alpha value is -2.88. The van der Waals surface area contributed by atoms with E-state index in [0.717, 1.165) is 0 Å². The highest BCUT2D eigenvalue weighted by Gasteiger charge is 2.20. The average molecular weight is 340 g/mol. The highest BCUT2D eigenvalue weighted by atomic mass is 15.2. The Morgan fingerprint density at radius 3 is 2.56 bits per heavy atom. The quantitative estimate of drug-likeness (QED) is 0.510. The number of nitrogens with zero attached hydrogens (tertiary/aromatic N) is 4. The predicted octanol–water partition coefficient (Wildman–Crippen LogP) is 3.76. The van der Waals surface area contributed by atoms with Crippen molar-refractivity contribution in [2.45, 2.75) is 20.6 Å². The van der Waals surface area contributed by atoms with Gasteiger partial charge in [0.1, 0.15) is 12.7 Å². The third kappa shape index (κ3) is 2.37. The smallest absolute Gasteiger partial charge is 0.231 e. The molecular formula is C21H23N4+. The molecule has 0 unspecified atom stereocenters. The van der Waals surface area contributed by atoms with Crippen molar-refractivity contribution in [1.82, 2.24) is 14.0 Å². The van der Waals surface area contributed by atoms with E-state index in [0.29, 0.717) is 17.2 Å². The molecule has 0 radical (unpaired) electrons. The Kier molecular flexibility index (Phi) is 1.89. The van der Waals surface area contributed by atoms with Crippen LogP contribution in [-0.2, 0) is 14.1 Å². The van der Waals surface area contributed by atoms with E-state index in [1.807, 2.05) is 10.8 Å². The second kappa shape index (κ2) is 5.59. The second-order valence-electron chi connectivity index (χ2n) is 6.03. The largest absolute Gasteiger partial charge is 0.308 e. The first kappa shape index (κ1) is 8.48. The molecule has 4 aromatic rings. The zero-order valence-electron chi connectivity index (χ0n) is 22.9. The molecule has 0 N–H and O–H groups in total. The van der Waals surface area contributed by atoms with Gasteiger partial charge in [0.15, 0.2) is 6.20 Å². The topological polar surface area (TPSA) is 26.1 Å². The van der Waals surface area contributed by atoms with E-state index in [1.165, 1.54) is 24.4 Å². The molecule has 126 valence electrons. The van der Waals surface area contributed by atoms with Gasteiger partial charge in [-0.05, 0) is 42.8 Å². The third-order valence-electron chi connectivity index (χ3n) is 4.44. The van der Waals surface area contributed by atoms with E-state index >= 15 is 0 Å². The lowest BCUT2D eigenvalue weighted by atomic mass is 9.93. The van der Waals surface area contributed by atoms with Crippen molar-refractivity contribution in [3.05, 3.63) is 65.7 Å². The number of hydrogen-bond acceptors (Lipinski definition) is 1. The van der Waals surface area contributed by atoms with Crippen LogP contribution in [0.1, 0.15) is 29.0 Å². The minimum absolute atomic E-state index is 0.0461. The first-order valence-electron chi connectivity index (χ1n) is 12.3. The number of aryl methyl sites for hydroxylation is 5. The summed E-state index contributed by atoms with van der Waals surface area (Å²) >= 11 is 0. The zero-order valence-corrected chi connectivity index (χ0v) is 13.9. The van der Waals surface area contributed by atoms with E-state index < -0.39 is 20.6 Å². The van der Waals surface area contributed by atoms with Gasteiger partial charge in [-0.25, -0.2) is 4.98 Å². The van der Waals surface area contributed by atoms with Crippen LogP contribution < -0.4 is 4.57 Å². The van der Waals surface area contributed by atoms with E-state index in [1.54, 1.807) is 41.5 Å². The summed E-state index contributed by atoms with van der Waals surface area (Å²) < 4.78 is 77.7.